The third kappa shape index (κ3) is 5.19. The number of benzene rings is 1. The van der Waals surface area contributed by atoms with Crippen LogP contribution in [-0.2, 0) is 16.0 Å². The van der Waals surface area contributed by atoms with Crippen LogP contribution < -0.4 is 16.4 Å². The van der Waals surface area contributed by atoms with E-state index in [0.717, 1.165) is 22.9 Å². The van der Waals surface area contributed by atoms with Crippen molar-refractivity contribution in [2.75, 3.05) is 6.54 Å². The van der Waals surface area contributed by atoms with E-state index in [0.29, 0.717) is 0 Å². The monoisotopic (exact) mass is 403 g/mol. The van der Waals surface area contributed by atoms with Crippen molar-refractivity contribution in [1.29, 1.82) is 0 Å². The van der Waals surface area contributed by atoms with Gasteiger partial charge in [0.1, 0.15) is 0 Å². The lowest BCUT2D eigenvalue weighted by Crippen LogP contribution is -2.47. The number of carbonyl (C=O) groups excluding carboxylic acids is 2. The van der Waals surface area contributed by atoms with Crippen molar-refractivity contribution < 1.29 is 9.59 Å². The predicted molar refractivity (Wildman–Crippen MR) is 96.4 cm³/mol. The number of nitrogens with one attached hydrogen (secondary N) is 2. The van der Waals surface area contributed by atoms with Crippen LogP contribution in [0, 0.1) is 5.92 Å². The number of amides is 2. The summed E-state index contributed by atoms with van der Waals surface area (Å²) in [6.45, 7) is 3.71. The quantitative estimate of drug-likeness (QED) is 0.702. The molecule has 4 N–H and O–H groups in total. The highest BCUT2D eigenvalue weighted by Gasteiger charge is 2.24. The van der Waals surface area contributed by atoms with Crippen LogP contribution in [0.25, 0.3) is 0 Å². The van der Waals surface area contributed by atoms with E-state index in [1.807, 2.05) is 26.0 Å². The summed E-state index contributed by atoms with van der Waals surface area (Å²) in [5.74, 6) is -0.436. The molecule has 7 heteroatoms. The van der Waals surface area contributed by atoms with Gasteiger partial charge < -0.3 is 16.4 Å². The zero-order valence-electron chi connectivity index (χ0n) is 13.3. The highest BCUT2D eigenvalue weighted by atomic mass is 79.9. The summed E-state index contributed by atoms with van der Waals surface area (Å²) in [5.41, 5.74) is 8.15. The van der Waals surface area contributed by atoms with Crippen LogP contribution in [-0.4, -0.2) is 24.4 Å². The summed E-state index contributed by atoms with van der Waals surface area (Å²) in [7, 11) is 0. The Morgan fingerprint density at radius 3 is 2.74 bits per heavy atom. The van der Waals surface area contributed by atoms with E-state index < -0.39 is 6.04 Å². The molecule has 0 saturated heterocycles. The first-order valence-corrected chi connectivity index (χ1v) is 8.28. The van der Waals surface area contributed by atoms with Crippen LogP contribution in [0.1, 0.15) is 37.4 Å². The maximum Gasteiger partial charge on any atom is 0.239 e. The van der Waals surface area contributed by atoms with Gasteiger partial charge in [-0.05, 0) is 42.0 Å². The maximum absolute atomic E-state index is 12.0. The van der Waals surface area contributed by atoms with E-state index in [-0.39, 0.29) is 42.7 Å². The van der Waals surface area contributed by atoms with Crippen LogP contribution in [0.3, 0.4) is 0 Å². The number of rotatable bonds is 5. The van der Waals surface area contributed by atoms with E-state index in [1.54, 1.807) is 0 Å². The summed E-state index contributed by atoms with van der Waals surface area (Å²) in [5, 5.41) is 5.56. The Labute approximate surface area is 151 Å². The van der Waals surface area contributed by atoms with Gasteiger partial charge in [-0.2, -0.15) is 0 Å². The minimum Gasteiger partial charge on any atom is -0.348 e. The van der Waals surface area contributed by atoms with Gasteiger partial charge in [-0.3, -0.25) is 9.59 Å². The molecule has 0 radical (unpaired) electrons. The smallest absolute Gasteiger partial charge is 0.239 e. The van der Waals surface area contributed by atoms with Crippen molar-refractivity contribution in [3.63, 3.8) is 0 Å². The van der Waals surface area contributed by atoms with Crippen LogP contribution >= 0.6 is 28.3 Å². The van der Waals surface area contributed by atoms with Crippen LogP contribution in [0.2, 0.25) is 0 Å². The van der Waals surface area contributed by atoms with Gasteiger partial charge in [0.25, 0.3) is 0 Å². The van der Waals surface area contributed by atoms with Crippen molar-refractivity contribution in [3.8, 4) is 0 Å². The molecule has 1 aliphatic carbocycles. The lowest BCUT2D eigenvalue weighted by atomic mass is 10.1. The van der Waals surface area contributed by atoms with E-state index in [4.69, 9.17) is 5.73 Å². The minimum absolute atomic E-state index is 0. The molecule has 1 aromatic carbocycles. The highest BCUT2D eigenvalue weighted by Crippen LogP contribution is 2.32. The van der Waals surface area contributed by atoms with Crippen LogP contribution in [0.15, 0.2) is 22.7 Å². The molecule has 2 amide bonds. The van der Waals surface area contributed by atoms with Crippen molar-refractivity contribution in [3.05, 3.63) is 33.8 Å². The molecule has 1 unspecified atom stereocenters. The average Bonchev–Trinajstić information content (AvgIpc) is 2.85. The standard InChI is InChI=1S/C16H22BrN3O2.ClH/c1-9(2)15(18)16(22)19-8-14(21)20-13-6-3-10-7-11(17)4-5-12(10)13;/h4-5,7,9,13,15H,3,6,8,18H2,1-2H3,(H,19,22)(H,20,21);1H/t13?,15-;/m0./s1. The summed E-state index contributed by atoms with van der Waals surface area (Å²) in [6.07, 6.45) is 1.83. The molecule has 0 bridgehead atoms. The van der Waals surface area contributed by atoms with E-state index in [1.165, 1.54) is 5.56 Å². The number of fused-ring (bicyclic) bond motifs is 1. The molecular formula is C16H23BrClN3O2. The van der Waals surface area contributed by atoms with E-state index in [9.17, 15) is 9.59 Å². The first-order chi connectivity index (χ1) is 10.4. The Bertz CT molecular complexity index is 580. The molecule has 0 aliphatic heterocycles. The van der Waals surface area contributed by atoms with Gasteiger partial charge in [0, 0.05) is 4.47 Å². The number of aryl methyl sites for hydroxylation is 1. The largest absolute Gasteiger partial charge is 0.348 e. The molecule has 1 aromatic rings. The zero-order valence-corrected chi connectivity index (χ0v) is 15.7. The normalized spacial score (nSPS) is 17.2. The second kappa shape index (κ2) is 8.66. The topological polar surface area (TPSA) is 84.2 Å². The van der Waals surface area contributed by atoms with Crippen molar-refractivity contribution in [2.45, 2.75) is 38.8 Å². The Kier molecular flexibility index (Phi) is 7.51. The molecule has 1 aliphatic rings. The number of hydrogen-bond donors (Lipinski definition) is 3. The Balaban J connectivity index is 0.00000264. The van der Waals surface area contributed by atoms with Gasteiger partial charge in [0.2, 0.25) is 11.8 Å². The second-order valence-corrected chi connectivity index (χ2v) is 6.91. The number of halogens is 2. The van der Waals surface area contributed by atoms with E-state index in [2.05, 4.69) is 32.6 Å². The zero-order chi connectivity index (χ0) is 16.3. The Morgan fingerprint density at radius 1 is 1.39 bits per heavy atom. The SMILES string of the molecule is CC(C)[C@H](N)C(=O)NCC(=O)NC1CCc2cc(Br)ccc21.Cl. The fourth-order valence-corrected chi connectivity index (χ4v) is 2.98. The molecule has 0 fully saturated rings. The van der Waals surface area contributed by atoms with Crippen molar-refractivity contribution in [1.82, 2.24) is 10.6 Å². The Morgan fingerprint density at radius 2 is 2.09 bits per heavy atom. The average molecular weight is 405 g/mol. The number of carbonyl (C=O) groups is 2. The lowest BCUT2D eigenvalue weighted by Gasteiger charge is -2.17. The molecule has 0 spiro atoms. The van der Waals surface area contributed by atoms with Gasteiger partial charge in [-0.1, -0.05) is 35.8 Å². The molecule has 0 heterocycles. The van der Waals surface area contributed by atoms with Gasteiger partial charge in [0.15, 0.2) is 0 Å². The molecule has 128 valence electrons. The van der Waals surface area contributed by atoms with Gasteiger partial charge in [-0.15, -0.1) is 12.4 Å². The first kappa shape index (κ1) is 19.9. The molecule has 2 atom stereocenters. The van der Waals surface area contributed by atoms with Crippen molar-refractivity contribution >= 4 is 40.2 Å². The van der Waals surface area contributed by atoms with Gasteiger partial charge >= 0.3 is 0 Å². The molecule has 0 aromatic heterocycles. The third-order valence-electron chi connectivity index (χ3n) is 3.96. The lowest BCUT2D eigenvalue weighted by molar-refractivity contribution is -0.127. The molecule has 5 nitrogen and oxygen atoms in total. The number of hydrogen-bond acceptors (Lipinski definition) is 3. The summed E-state index contributed by atoms with van der Waals surface area (Å²) in [6, 6.07) is 5.53. The highest BCUT2D eigenvalue weighted by molar-refractivity contribution is 9.10. The van der Waals surface area contributed by atoms with Crippen molar-refractivity contribution in [2.24, 2.45) is 11.7 Å². The van der Waals surface area contributed by atoms with Crippen LogP contribution in [0.4, 0.5) is 0 Å². The molecule has 2 rings (SSSR count). The fourth-order valence-electron chi connectivity index (χ4n) is 2.57. The maximum atomic E-state index is 12.0. The van der Waals surface area contributed by atoms with Crippen LogP contribution in [0.5, 0.6) is 0 Å². The second-order valence-electron chi connectivity index (χ2n) is 5.99. The Hall–Kier alpha value is -1.11. The van der Waals surface area contributed by atoms with Gasteiger partial charge in [-0.25, -0.2) is 0 Å². The fraction of sp³-hybridized carbons (Fsp3) is 0.500. The number of nitrogens with two attached hydrogens (primary N) is 1. The summed E-state index contributed by atoms with van der Waals surface area (Å²) < 4.78 is 1.05. The molecular weight excluding hydrogens is 382 g/mol. The minimum atomic E-state index is -0.586. The van der Waals surface area contributed by atoms with Gasteiger partial charge in [0.05, 0.1) is 18.6 Å². The third-order valence-corrected chi connectivity index (χ3v) is 4.46. The summed E-state index contributed by atoms with van der Waals surface area (Å²) in [4.78, 5) is 23.7. The summed E-state index contributed by atoms with van der Waals surface area (Å²) >= 11 is 3.45. The molecule has 23 heavy (non-hydrogen) atoms. The predicted octanol–water partition coefficient (Wildman–Crippen LogP) is 2.07. The van der Waals surface area contributed by atoms with E-state index >= 15 is 0 Å². The first-order valence-electron chi connectivity index (χ1n) is 7.49. The molecule has 0 saturated carbocycles.